The number of aliphatic hydroxyl groups is 1. The highest BCUT2D eigenvalue weighted by molar-refractivity contribution is 9.10. The maximum atomic E-state index is 11.9. The van der Waals surface area contributed by atoms with Crippen LogP contribution < -0.4 is 5.32 Å². The van der Waals surface area contributed by atoms with Gasteiger partial charge in [0, 0.05) is 23.5 Å². The Morgan fingerprint density at radius 3 is 2.37 bits per heavy atom. The van der Waals surface area contributed by atoms with Gasteiger partial charge in [-0.05, 0) is 36.5 Å². The topological polar surface area (TPSA) is 49.3 Å². The Balaban J connectivity index is 2.50. The summed E-state index contributed by atoms with van der Waals surface area (Å²) in [6.45, 7) is 5.97. The number of hydrogen-bond acceptors (Lipinski definition) is 2. The first-order chi connectivity index (χ1) is 8.93. The molecule has 0 aliphatic carbocycles. The van der Waals surface area contributed by atoms with Crippen molar-refractivity contribution in [1.82, 2.24) is 5.32 Å². The number of benzene rings is 1. The molecule has 3 atom stereocenters. The maximum Gasteiger partial charge on any atom is 0.220 e. The molecule has 0 aromatic heterocycles. The van der Waals surface area contributed by atoms with Gasteiger partial charge in [-0.3, -0.25) is 4.79 Å². The van der Waals surface area contributed by atoms with Crippen LogP contribution in [0, 0.1) is 5.92 Å². The first-order valence-corrected chi connectivity index (χ1v) is 7.39. The summed E-state index contributed by atoms with van der Waals surface area (Å²) in [5.41, 5.74) is 1.15. The fourth-order valence-corrected chi connectivity index (χ4v) is 2.06. The van der Waals surface area contributed by atoms with E-state index in [1.54, 1.807) is 0 Å². The summed E-state index contributed by atoms with van der Waals surface area (Å²) in [5.74, 6) is 0.292. The zero-order valence-electron chi connectivity index (χ0n) is 11.7. The summed E-state index contributed by atoms with van der Waals surface area (Å²) in [4.78, 5) is 11.9. The van der Waals surface area contributed by atoms with E-state index in [2.05, 4.69) is 21.2 Å². The highest BCUT2D eigenvalue weighted by Gasteiger charge is 2.16. The summed E-state index contributed by atoms with van der Waals surface area (Å²) in [7, 11) is 0. The highest BCUT2D eigenvalue weighted by Crippen LogP contribution is 2.21. The van der Waals surface area contributed by atoms with E-state index < -0.39 is 0 Å². The van der Waals surface area contributed by atoms with Gasteiger partial charge in [0.1, 0.15) is 0 Å². The molecule has 0 spiro atoms. The molecule has 0 radical (unpaired) electrons. The SMILES string of the molecule is CC(CC(=O)NC(C)C(C)CO)c1ccc(Br)cc1. The molecule has 0 heterocycles. The van der Waals surface area contributed by atoms with Gasteiger partial charge >= 0.3 is 0 Å². The zero-order chi connectivity index (χ0) is 14.4. The van der Waals surface area contributed by atoms with E-state index in [0.29, 0.717) is 6.42 Å². The number of carbonyl (C=O) groups excluding carboxylic acids is 1. The molecule has 0 saturated carbocycles. The number of amides is 1. The molecule has 0 fully saturated rings. The largest absolute Gasteiger partial charge is 0.396 e. The van der Waals surface area contributed by atoms with Gasteiger partial charge in [0.2, 0.25) is 5.91 Å². The molecule has 0 bridgehead atoms. The number of hydrogen-bond donors (Lipinski definition) is 2. The molecule has 0 aliphatic heterocycles. The number of nitrogens with one attached hydrogen (secondary N) is 1. The van der Waals surface area contributed by atoms with Crippen LogP contribution in [0.5, 0.6) is 0 Å². The molecule has 0 aliphatic rings. The van der Waals surface area contributed by atoms with E-state index in [4.69, 9.17) is 5.11 Å². The van der Waals surface area contributed by atoms with Crippen LogP contribution in [0.4, 0.5) is 0 Å². The normalized spacial score (nSPS) is 15.6. The van der Waals surface area contributed by atoms with E-state index >= 15 is 0 Å². The van der Waals surface area contributed by atoms with Gasteiger partial charge in [0.15, 0.2) is 0 Å². The summed E-state index contributed by atoms with van der Waals surface area (Å²) in [6, 6.07) is 8.03. The molecular formula is C15H22BrNO2. The van der Waals surface area contributed by atoms with Crippen LogP contribution >= 0.6 is 15.9 Å². The molecule has 1 aromatic rings. The standard InChI is InChI=1S/C15H22BrNO2/c1-10(13-4-6-14(16)7-5-13)8-15(19)17-12(3)11(2)9-18/h4-7,10-12,18H,8-9H2,1-3H3,(H,17,19). The van der Waals surface area contributed by atoms with E-state index in [-0.39, 0.29) is 30.4 Å². The lowest BCUT2D eigenvalue weighted by molar-refractivity contribution is -0.122. The second-order valence-corrected chi connectivity index (χ2v) is 6.09. The number of rotatable bonds is 6. The Labute approximate surface area is 123 Å². The lowest BCUT2D eigenvalue weighted by atomic mass is 9.97. The Morgan fingerprint density at radius 2 is 1.84 bits per heavy atom. The van der Waals surface area contributed by atoms with Crippen molar-refractivity contribution in [3.63, 3.8) is 0 Å². The van der Waals surface area contributed by atoms with Crippen molar-refractivity contribution in [2.45, 2.75) is 39.2 Å². The molecule has 3 unspecified atom stereocenters. The first kappa shape index (κ1) is 16.2. The monoisotopic (exact) mass is 327 g/mol. The summed E-state index contributed by atoms with van der Waals surface area (Å²) in [5, 5.41) is 12.0. The van der Waals surface area contributed by atoms with E-state index in [0.717, 1.165) is 10.0 Å². The zero-order valence-corrected chi connectivity index (χ0v) is 13.3. The van der Waals surface area contributed by atoms with Crippen molar-refractivity contribution >= 4 is 21.8 Å². The molecule has 106 valence electrons. The van der Waals surface area contributed by atoms with Gasteiger partial charge in [0.05, 0.1) is 0 Å². The molecule has 3 nitrogen and oxygen atoms in total. The number of halogens is 1. The lowest BCUT2D eigenvalue weighted by Gasteiger charge is -2.20. The van der Waals surface area contributed by atoms with Gasteiger partial charge < -0.3 is 10.4 Å². The van der Waals surface area contributed by atoms with Crippen molar-refractivity contribution in [3.05, 3.63) is 34.3 Å². The Morgan fingerprint density at radius 1 is 1.26 bits per heavy atom. The number of carbonyl (C=O) groups is 1. The molecule has 19 heavy (non-hydrogen) atoms. The van der Waals surface area contributed by atoms with Crippen LogP contribution in [-0.2, 0) is 4.79 Å². The highest BCUT2D eigenvalue weighted by atomic mass is 79.9. The average Bonchev–Trinajstić information content (AvgIpc) is 2.38. The van der Waals surface area contributed by atoms with Gasteiger partial charge in [-0.1, -0.05) is 41.9 Å². The molecule has 1 aromatic carbocycles. The quantitative estimate of drug-likeness (QED) is 0.843. The third-order valence-corrected chi connectivity index (χ3v) is 3.99. The Kier molecular flexibility index (Phi) is 6.52. The Hall–Kier alpha value is -0.870. The van der Waals surface area contributed by atoms with Crippen molar-refractivity contribution in [2.75, 3.05) is 6.61 Å². The minimum absolute atomic E-state index is 0.00498. The van der Waals surface area contributed by atoms with Gasteiger partial charge in [-0.15, -0.1) is 0 Å². The second-order valence-electron chi connectivity index (χ2n) is 5.17. The maximum absolute atomic E-state index is 11.9. The molecule has 0 saturated heterocycles. The summed E-state index contributed by atoms with van der Waals surface area (Å²) in [6.07, 6.45) is 0.462. The fraction of sp³-hybridized carbons (Fsp3) is 0.533. The minimum atomic E-state index is -0.00498. The van der Waals surface area contributed by atoms with Crippen molar-refractivity contribution in [2.24, 2.45) is 5.92 Å². The number of aliphatic hydroxyl groups excluding tert-OH is 1. The van der Waals surface area contributed by atoms with E-state index in [9.17, 15) is 4.79 Å². The fourth-order valence-electron chi connectivity index (χ4n) is 1.80. The summed E-state index contributed by atoms with van der Waals surface area (Å²) >= 11 is 3.40. The van der Waals surface area contributed by atoms with E-state index in [1.807, 2.05) is 45.0 Å². The average molecular weight is 328 g/mol. The Bertz CT molecular complexity index is 405. The smallest absolute Gasteiger partial charge is 0.220 e. The molecular weight excluding hydrogens is 306 g/mol. The molecule has 2 N–H and O–H groups in total. The van der Waals surface area contributed by atoms with Gasteiger partial charge in [-0.2, -0.15) is 0 Å². The third kappa shape index (κ3) is 5.33. The first-order valence-electron chi connectivity index (χ1n) is 6.59. The van der Waals surface area contributed by atoms with Gasteiger partial charge in [0.25, 0.3) is 0 Å². The van der Waals surface area contributed by atoms with Crippen molar-refractivity contribution in [3.8, 4) is 0 Å². The van der Waals surface area contributed by atoms with Crippen LogP contribution in [0.2, 0.25) is 0 Å². The lowest BCUT2D eigenvalue weighted by Crippen LogP contribution is -2.38. The predicted octanol–water partition coefficient (Wildman–Crippen LogP) is 3.08. The van der Waals surface area contributed by atoms with Gasteiger partial charge in [-0.25, -0.2) is 0 Å². The van der Waals surface area contributed by atoms with Crippen LogP contribution in [0.15, 0.2) is 28.7 Å². The van der Waals surface area contributed by atoms with Crippen LogP contribution in [-0.4, -0.2) is 23.7 Å². The van der Waals surface area contributed by atoms with Crippen LogP contribution in [0.25, 0.3) is 0 Å². The second kappa shape index (κ2) is 7.65. The van der Waals surface area contributed by atoms with Crippen LogP contribution in [0.1, 0.15) is 38.7 Å². The summed E-state index contributed by atoms with van der Waals surface area (Å²) < 4.78 is 1.04. The van der Waals surface area contributed by atoms with Crippen molar-refractivity contribution < 1.29 is 9.90 Å². The predicted molar refractivity (Wildman–Crippen MR) is 81.0 cm³/mol. The third-order valence-electron chi connectivity index (χ3n) is 3.46. The molecule has 4 heteroatoms. The molecule has 1 rings (SSSR count). The minimum Gasteiger partial charge on any atom is -0.396 e. The van der Waals surface area contributed by atoms with Crippen LogP contribution in [0.3, 0.4) is 0 Å². The molecule has 1 amide bonds. The van der Waals surface area contributed by atoms with E-state index in [1.165, 1.54) is 0 Å². The van der Waals surface area contributed by atoms with Crippen molar-refractivity contribution in [1.29, 1.82) is 0 Å².